The average Bonchev–Trinajstić information content (AvgIpc) is 2.90. The van der Waals surface area contributed by atoms with Gasteiger partial charge < -0.3 is 14.7 Å². The van der Waals surface area contributed by atoms with Crippen LogP contribution < -0.4 is 4.90 Å². The van der Waals surface area contributed by atoms with Crippen molar-refractivity contribution in [2.24, 2.45) is 5.41 Å². The molecule has 124 valence electrons. The Balaban J connectivity index is 2.44. The molecule has 2 heterocycles. The second-order valence-electron chi connectivity index (χ2n) is 5.55. The molecule has 1 aromatic rings. The molecule has 1 unspecified atom stereocenters. The van der Waals surface area contributed by atoms with E-state index in [1.165, 1.54) is 17.2 Å². The predicted octanol–water partition coefficient (Wildman–Crippen LogP) is 1.47. The highest BCUT2D eigenvalue weighted by atomic mass is 16.6. The van der Waals surface area contributed by atoms with Gasteiger partial charge in [0.15, 0.2) is 0 Å². The first kappa shape index (κ1) is 16.7. The molecule has 2 rings (SSSR count). The van der Waals surface area contributed by atoms with Crippen molar-refractivity contribution in [3.63, 3.8) is 0 Å². The Kier molecular flexibility index (Phi) is 4.48. The first-order valence-corrected chi connectivity index (χ1v) is 7.09. The van der Waals surface area contributed by atoms with Gasteiger partial charge in [-0.25, -0.2) is 9.78 Å². The van der Waals surface area contributed by atoms with Crippen molar-refractivity contribution in [3.05, 3.63) is 27.9 Å². The van der Waals surface area contributed by atoms with Crippen molar-refractivity contribution >= 4 is 23.4 Å². The van der Waals surface area contributed by atoms with Crippen LogP contribution in [0.15, 0.2) is 12.3 Å². The second-order valence-corrected chi connectivity index (χ2v) is 5.55. The summed E-state index contributed by atoms with van der Waals surface area (Å²) >= 11 is 0. The third-order valence-electron chi connectivity index (χ3n) is 3.87. The van der Waals surface area contributed by atoms with Crippen LogP contribution in [-0.4, -0.2) is 46.6 Å². The number of nitro groups is 1. The van der Waals surface area contributed by atoms with Crippen LogP contribution >= 0.6 is 0 Å². The van der Waals surface area contributed by atoms with Gasteiger partial charge >= 0.3 is 17.6 Å². The van der Waals surface area contributed by atoms with Crippen molar-refractivity contribution < 1.29 is 24.4 Å². The van der Waals surface area contributed by atoms with E-state index < -0.39 is 28.0 Å². The maximum Gasteiger partial charge on any atom is 0.345 e. The number of hydrogen-bond donors (Lipinski definition) is 1. The molecule has 1 aromatic heterocycles. The van der Waals surface area contributed by atoms with E-state index in [1.54, 1.807) is 13.8 Å². The lowest BCUT2D eigenvalue weighted by molar-refractivity contribution is -0.384. The van der Waals surface area contributed by atoms with Crippen molar-refractivity contribution in [1.82, 2.24) is 4.98 Å². The number of pyridine rings is 1. The molecule has 1 saturated heterocycles. The van der Waals surface area contributed by atoms with Crippen LogP contribution in [0.1, 0.15) is 30.6 Å². The molecular formula is C14H17N3O6. The molecule has 0 spiro atoms. The van der Waals surface area contributed by atoms with Crippen LogP contribution in [0.2, 0.25) is 0 Å². The number of anilines is 1. The van der Waals surface area contributed by atoms with Crippen LogP contribution in [0.3, 0.4) is 0 Å². The van der Waals surface area contributed by atoms with Gasteiger partial charge in [-0.3, -0.25) is 14.9 Å². The Morgan fingerprint density at radius 3 is 2.78 bits per heavy atom. The van der Waals surface area contributed by atoms with Gasteiger partial charge in [0.05, 0.1) is 16.9 Å². The Labute approximate surface area is 132 Å². The second kappa shape index (κ2) is 6.19. The molecular weight excluding hydrogens is 306 g/mol. The summed E-state index contributed by atoms with van der Waals surface area (Å²) in [5, 5.41) is 20.7. The minimum atomic E-state index is -1.00. The van der Waals surface area contributed by atoms with Crippen LogP contribution in [0.4, 0.5) is 11.5 Å². The maximum atomic E-state index is 11.9. The molecule has 0 amide bonds. The Hall–Kier alpha value is -2.71. The Bertz CT molecular complexity index is 662. The molecule has 0 aliphatic carbocycles. The number of carbonyl (C=O) groups excluding carboxylic acids is 1. The number of carboxylic acid groups (broad SMARTS) is 1. The van der Waals surface area contributed by atoms with Gasteiger partial charge in [-0.1, -0.05) is 0 Å². The summed E-state index contributed by atoms with van der Waals surface area (Å²) in [6, 6.07) is 1.23. The number of rotatable bonds is 5. The quantitative estimate of drug-likeness (QED) is 0.491. The number of ether oxygens (including phenoxy) is 1. The number of hydrogen-bond acceptors (Lipinski definition) is 7. The van der Waals surface area contributed by atoms with Crippen molar-refractivity contribution in [2.75, 3.05) is 24.6 Å². The SMILES string of the molecule is CCOC(=O)c1ccnc(N2CCC(C)(C(=O)O)C2)c1[N+](=O)[O-]. The summed E-state index contributed by atoms with van der Waals surface area (Å²) in [5.74, 6) is -1.78. The third kappa shape index (κ3) is 3.08. The van der Waals surface area contributed by atoms with Crippen LogP contribution in [0.5, 0.6) is 0 Å². The maximum absolute atomic E-state index is 11.9. The van der Waals surface area contributed by atoms with E-state index >= 15 is 0 Å². The van der Waals surface area contributed by atoms with Crippen LogP contribution in [0.25, 0.3) is 0 Å². The number of carbonyl (C=O) groups is 2. The van der Waals surface area contributed by atoms with Crippen molar-refractivity contribution in [1.29, 1.82) is 0 Å². The largest absolute Gasteiger partial charge is 0.481 e. The lowest BCUT2D eigenvalue weighted by Gasteiger charge is -2.21. The van der Waals surface area contributed by atoms with E-state index in [-0.39, 0.29) is 24.5 Å². The van der Waals surface area contributed by atoms with Gasteiger partial charge in [0.25, 0.3) is 0 Å². The standard InChI is InChI=1S/C14H17N3O6/c1-3-23-12(18)9-4-6-15-11(10(9)17(21)22)16-7-5-14(2,8-16)13(19)20/h4,6H,3,5,7-8H2,1-2H3,(H,19,20). The molecule has 0 bridgehead atoms. The molecule has 0 aromatic carbocycles. The molecule has 0 radical (unpaired) electrons. The molecule has 1 aliphatic heterocycles. The Morgan fingerprint density at radius 1 is 1.57 bits per heavy atom. The average molecular weight is 323 g/mol. The fourth-order valence-corrected chi connectivity index (χ4v) is 2.54. The molecule has 9 nitrogen and oxygen atoms in total. The molecule has 1 N–H and O–H groups in total. The number of esters is 1. The number of aromatic nitrogens is 1. The van der Waals surface area contributed by atoms with Gasteiger partial charge in [-0.15, -0.1) is 0 Å². The number of carboxylic acids is 1. The summed E-state index contributed by atoms with van der Waals surface area (Å²) in [6.07, 6.45) is 1.62. The highest BCUT2D eigenvalue weighted by molar-refractivity contribution is 5.96. The van der Waals surface area contributed by atoms with Crippen LogP contribution in [-0.2, 0) is 9.53 Å². The highest BCUT2D eigenvalue weighted by Gasteiger charge is 2.43. The van der Waals surface area contributed by atoms with Gasteiger partial charge in [0.2, 0.25) is 5.82 Å². The minimum absolute atomic E-state index is 0.00877. The lowest BCUT2D eigenvalue weighted by atomic mass is 9.90. The number of nitrogens with zero attached hydrogens (tertiary/aromatic N) is 3. The van der Waals surface area contributed by atoms with Gasteiger partial charge in [0, 0.05) is 19.3 Å². The molecule has 0 saturated carbocycles. The summed E-state index contributed by atoms with van der Waals surface area (Å²) in [6.45, 7) is 3.67. The van der Waals surface area contributed by atoms with Gasteiger partial charge in [-0.2, -0.15) is 0 Å². The minimum Gasteiger partial charge on any atom is -0.481 e. The summed E-state index contributed by atoms with van der Waals surface area (Å²) < 4.78 is 4.83. The molecule has 1 aliphatic rings. The van der Waals surface area contributed by atoms with E-state index in [0.717, 1.165) is 0 Å². The lowest BCUT2D eigenvalue weighted by Crippen LogP contribution is -2.32. The molecule has 1 atom stereocenters. The zero-order chi connectivity index (χ0) is 17.2. The van der Waals surface area contributed by atoms with Crippen LogP contribution in [0, 0.1) is 15.5 Å². The highest BCUT2D eigenvalue weighted by Crippen LogP contribution is 2.37. The predicted molar refractivity (Wildman–Crippen MR) is 79.4 cm³/mol. The van der Waals surface area contributed by atoms with E-state index in [9.17, 15) is 24.8 Å². The van der Waals surface area contributed by atoms with E-state index in [2.05, 4.69) is 4.98 Å². The fraction of sp³-hybridized carbons (Fsp3) is 0.500. The fourth-order valence-electron chi connectivity index (χ4n) is 2.54. The third-order valence-corrected chi connectivity index (χ3v) is 3.87. The summed E-state index contributed by atoms with van der Waals surface area (Å²) in [5.41, 5.74) is -1.65. The normalized spacial score (nSPS) is 20.3. The topological polar surface area (TPSA) is 123 Å². The molecule has 23 heavy (non-hydrogen) atoms. The summed E-state index contributed by atoms with van der Waals surface area (Å²) in [7, 11) is 0. The van der Waals surface area contributed by atoms with Crippen molar-refractivity contribution in [3.8, 4) is 0 Å². The molecule has 9 heteroatoms. The first-order valence-electron chi connectivity index (χ1n) is 7.09. The first-order chi connectivity index (χ1) is 10.8. The van der Waals surface area contributed by atoms with Gasteiger partial charge in [-0.05, 0) is 26.3 Å². The van der Waals surface area contributed by atoms with Crippen molar-refractivity contribution in [2.45, 2.75) is 20.3 Å². The monoisotopic (exact) mass is 323 g/mol. The zero-order valence-electron chi connectivity index (χ0n) is 12.8. The van der Waals surface area contributed by atoms with E-state index in [4.69, 9.17) is 4.74 Å². The van der Waals surface area contributed by atoms with Gasteiger partial charge in [0.1, 0.15) is 5.56 Å². The Morgan fingerprint density at radius 2 is 2.26 bits per heavy atom. The van der Waals surface area contributed by atoms with E-state index in [0.29, 0.717) is 13.0 Å². The summed E-state index contributed by atoms with van der Waals surface area (Å²) in [4.78, 5) is 39.5. The molecule has 1 fully saturated rings. The number of aliphatic carboxylic acids is 1. The smallest absolute Gasteiger partial charge is 0.345 e. The zero-order valence-corrected chi connectivity index (χ0v) is 12.8. The van der Waals surface area contributed by atoms with E-state index in [1.807, 2.05) is 0 Å².